The lowest BCUT2D eigenvalue weighted by Crippen LogP contribution is -2.08. The summed E-state index contributed by atoms with van der Waals surface area (Å²) in [7, 11) is 0. The molecule has 0 saturated heterocycles. The molecule has 0 bridgehead atoms. The van der Waals surface area contributed by atoms with Crippen LogP contribution in [0.25, 0.3) is 70.0 Å². The molecule has 1 aliphatic rings. The Morgan fingerprint density at radius 3 is 1.84 bits per heavy atom. The van der Waals surface area contributed by atoms with Crippen molar-refractivity contribution in [3.63, 3.8) is 0 Å². The Kier molecular flexibility index (Phi) is 5.61. The largest absolute Gasteiger partial charge is 0.135 e. The van der Waals surface area contributed by atoms with Crippen molar-refractivity contribution in [2.75, 3.05) is 0 Å². The van der Waals surface area contributed by atoms with Gasteiger partial charge in [-0.2, -0.15) is 0 Å². The summed E-state index contributed by atoms with van der Waals surface area (Å²) in [6, 6.07) is 51.5. The van der Waals surface area contributed by atoms with E-state index < -0.39 is 0 Å². The molecule has 1 aliphatic carbocycles. The molecule has 1 heteroatoms. The zero-order valence-corrected chi connectivity index (χ0v) is 24.4. The first-order valence-electron chi connectivity index (χ1n) is 15.0. The highest BCUT2D eigenvalue weighted by atomic mass is 32.1. The van der Waals surface area contributed by atoms with Gasteiger partial charge in [-0.05, 0) is 85.1 Å². The lowest BCUT2D eigenvalue weighted by Gasteiger charge is -2.25. The van der Waals surface area contributed by atoms with Crippen LogP contribution < -0.4 is 0 Å². The van der Waals surface area contributed by atoms with Crippen molar-refractivity contribution in [1.82, 2.24) is 0 Å². The molecule has 0 nitrogen and oxygen atoms in total. The van der Waals surface area contributed by atoms with Crippen molar-refractivity contribution >= 4 is 59.1 Å². The molecule has 202 valence electrons. The minimum absolute atomic E-state index is 0.313. The molecule has 0 amide bonds. The maximum atomic E-state index is 2.44. The zero-order chi connectivity index (χ0) is 28.3. The van der Waals surface area contributed by atoms with Crippen LogP contribution in [-0.2, 0) is 6.42 Å². The number of allylic oxidation sites excluding steroid dienone is 1. The van der Waals surface area contributed by atoms with Crippen molar-refractivity contribution in [3.8, 4) is 22.3 Å². The lowest BCUT2D eigenvalue weighted by molar-refractivity contribution is 0.841. The summed E-state index contributed by atoms with van der Waals surface area (Å²) in [5.41, 5.74) is 9.35. The highest BCUT2D eigenvalue weighted by molar-refractivity contribution is 7.25. The number of thiophene rings is 1. The standard InChI is InChI=1S/C42H28S/c1-2-10-27(11-3-1)41-35-13-4-6-15-37(35)42(38-16-7-5-14-36(38)41)32-21-20-28-24-29(18-19-30(28)25-32)31-22-23-34-33-12-8-9-17-39(33)43-40(34)26-31/h1-24,26,32H,25H2. The number of rotatable bonds is 3. The molecular weight excluding hydrogens is 537 g/mol. The SMILES string of the molecule is C1=CC(c2c3ccccc3c(-c3ccccc3)c3ccccc23)Cc2ccc(-c3ccc4c(c3)sc3ccccc34)cc21. The smallest absolute Gasteiger partial charge is 0.0361 e. The van der Waals surface area contributed by atoms with E-state index in [0.717, 1.165) is 6.42 Å². The summed E-state index contributed by atoms with van der Waals surface area (Å²) in [4.78, 5) is 0. The van der Waals surface area contributed by atoms with Crippen LogP contribution in [0.3, 0.4) is 0 Å². The van der Waals surface area contributed by atoms with Gasteiger partial charge in [0.1, 0.15) is 0 Å². The van der Waals surface area contributed by atoms with Crippen LogP contribution in [0.2, 0.25) is 0 Å². The third kappa shape index (κ3) is 3.96. The first kappa shape index (κ1) is 24.6. The van der Waals surface area contributed by atoms with Gasteiger partial charge < -0.3 is 0 Å². The van der Waals surface area contributed by atoms with Gasteiger partial charge in [0.15, 0.2) is 0 Å². The Bertz CT molecular complexity index is 2310. The summed E-state index contributed by atoms with van der Waals surface area (Å²) >= 11 is 1.88. The Morgan fingerprint density at radius 1 is 0.465 bits per heavy atom. The lowest BCUT2D eigenvalue weighted by atomic mass is 9.78. The summed E-state index contributed by atoms with van der Waals surface area (Å²) in [5.74, 6) is 0.313. The van der Waals surface area contributed by atoms with E-state index in [9.17, 15) is 0 Å². The van der Waals surface area contributed by atoms with E-state index in [2.05, 4.69) is 152 Å². The summed E-state index contributed by atoms with van der Waals surface area (Å²) in [6.45, 7) is 0. The highest BCUT2D eigenvalue weighted by Gasteiger charge is 2.23. The third-order valence-corrected chi connectivity index (χ3v) is 10.3. The number of fused-ring (bicyclic) bond motifs is 6. The zero-order valence-electron chi connectivity index (χ0n) is 23.6. The number of hydrogen-bond donors (Lipinski definition) is 0. The van der Waals surface area contributed by atoms with E-state index in [1.54, 1.807) is 0 Å². The van der Waals surface area contributed by atoms with Crippen molar-refractivity contribution < 1.29 is 0 Å². The number of benzene rings is 7. The molecule has 1 heterocycles. The molecule has 0 aliphatic heterocycles. The number of hydrogen-bond acceptors (Lipinski definition) is 1. The van der Waals surface area contributed by atoms with Crippen LogP contribution in [0.1, 0.15) is 22.6 Å². The molecule has 7 aromatic carbocycles. The third-order valence-electron chi connectivity index (χ3n) is 9.21. The van der Waals surface area contributed by atoms with E-state index >= 15 is 0 Å². The average molecular weight is 565 g/mol. The quantitative estimate of drug-likeness (QED) is 0.187. The van der Waals surface area contributed by atoms with E-state index in [-0.39, 0.29) is 0 Å². The van der Waals surface area contributed by atoms with Gasteiger partial charge in [-0.15, -0.1) is 11.3 Å². The minimum Gasteiger partial charge on any atom is -0.135 e. The monoisotopic (exact) mass is 564 g/mol. The maximum Gasteiger partial charge on any atom is 0.0361 e. The van der Waals surface area contributed by atoms with Crippen LogP contribution in [0, 0.1) is 0 Å². The van der Waals surface area contributed by atoms with Gasteiger partial charge in [0.25, 0.3) is 0 Å². The Labute approximate surface area is 255 Å². The van der Waals surface area contributed by atoms with Crippen LogP contribution in [0.4, 0.5) is 0 Å². The van der Waals surface area contributed by atoms with E-state index in [1.807, 2.05) is 11.3 Å². The van der Waals surface area contributed by atoms with E-state index in [0.29, 0.717) is 5.92 Å². The molecule has 8 aromatic rings. The van der Waals surface area contributed by atoms with Crippen LogP contribution in [-0.4, -0.2) is 0 Å². The second-order valence-corrected chi connectivity index (χ2v) is 12.7. The van der Waals surface area contributed by atoms with Crippen molar-refractivity contribution in [2.24, 2.45) is 0 Å². The van der Waals surface area contributed by atoms with Gasteiger partial charge in [-0.25, -0.2) is 0 Å². The first-order chi connectivity index (χ1) is 21.3. The first-order valence-corrected chi connectivity index (χ1v) is 15.8. The van der Waals surface area contributed by atoms with Gasteiger partial charge >= 0.3 is 0 Å². The fourth-order valence-corrected chi connectivity index (χ4v) is 8.37. The minimum atomic E-state index is 0.313. The molecule has 1 atom stereocenters. The molecule has 0 fully saturated rings. The molecule has 0 radical (unpaired) electrons. The van der Waals surface area contributed by atoms with Crippen LogP contribution in [0.5, 0.6) is 0 Å². The van der Waals surface area contributed by atoms with Gasteiger partial charge in [0.05, 0.1) is 0 Å². The molecule has 0 saturated carbocycles. The molecule has 0 spiro atoms. The van der Waals surface area contributed by atoms with Gasteiger partial charge in [-0.1, -0.05) is 133 Å². The topological polar surface area (TPSA) is 0 Å². The van der Waals surface area contributed by atoms with Crippen molar-refractivity contribution in [3.05, 3.63) is 162 Å². The van der Waals surface area contributed by atoms with Gasteiger partial charge in [0, 0.05) is 26.1 Å². The molecule has 43 heavy (non-hydrogen) atoms. The highest BCUT2D eigenvalue weighted by Crippen LogP contribution is 2.45. The maximum absolute atomic E-state index is 2.44. The van der Waals surface area contributed by atoms with E-state index in [1.165, 1.54) is 80.7 Å². The normalized spacial score (nSPS) is 14.6. The molecule has 9 rings (SSSR count). The van der Waals surface area contributed by atoms with Crippen molar-refractivity contribution in [1.29, 1.82) is 0 Å². The Morgan fingerprint density at radius 2 is 1.07 bits per heavy atom. The fraction of sp³-hybridized carbons (Fsp3) is 0.0476. The summed E-state index contributed by atoms with van der Waals surface area (Å²) in [5, 5.41) is 8.06. The van der Waals surface area contributed by atoms with Gasteiger partial charge in [-0.3, -0.25) is 0 Å². The fourth-order valence-electron chi connectivity index (χ4n) is 7.22. The molecule has 1 aromatic heterocycles. The molecule has 0 N–H and O–H groups in total. The Balaban J connectivity index is 1.14. The molecular formula is C42H28S. The molecule has 1 unspecified atom stereocenters. The van der Waals surface area contributed by atoms with Crippen molar-refractivity contribution in [2.45, 2.75) is 12.3 Å². The summed E-state index contributed by atoms with van der Waals surface area (Å²) in [6.07, 6.45) is 5.80. The second-order valence-electron chi connectivity index (χ2n) is 11.6. The predicted molar refractivity (Wildman–Crippen MR) is 187 cm³/mol. The van der Waals surface area contributed by atoms with Crippen LogP contribution in [0.15, 0.2) is 146 Å². The second kappa shape index (κ2) is 9.80. The van der Waals surface area contributed by atoms with Gasteiger partial charge in [0.2, 0.25) is 0 Å². The van der Waals surface area contributed by atoms with Crippen LogP contribution >= 0.6 is 11.3 Å². The summed E-state index contributed by atoms with van der Waals surface area (Å²) < 4.78 is 2.70. The Hall–Kier alpha value is -4.98. The average Bonchev–Trinajstić information content (AvgIpc) is 3.45. The predicted octanol–water partition coefficient (Wildman–Crippen LogP) is 12.0. The van der Waals surface area contributed by atoms with E-state index in [4.69, 9.17) is 0 Å².